The van der Waals surface area contributed by atoms with E-state index in [1.54, 1.807) is 6.07 Å². The van der Waals surface area contributed by atoms with E-state index >= 15 is 0 Å². The van der Waals surface area contributed by atoms with Gasteiger partial charge >= 0.3 is 0 Å². The fourth-order valence-electron chi connectivity index (χ4n) is 1.75. The molecular formula is C11H8F2N2OS. The Morgan fingerprint density at radius 2 is 2.06 bits per heavy atom. The number of carbonyl (C=O) groups excluding carboxylic acids is 1. The van der Waals surface area contributed by atoms with Crippen LogP contribution in [0.25, 0.3) is 10.2 Å². The Labute approximate surface area is 99.7 Å². The molecule has 3 nitrogen and oxygen atoms in total. The summed E-state index contributed by atoms with van der Waals surface area (Å²) < 4.78 is 26.2. The Morgan fingerprint density at radius 1 is 1.35 bits per heavy atom. The minimum absolute atomic E-state index is 0.279. The minimum Gasteiger partial charge on any atom is -0.324 e. The van der Waals surface area contributed by atoms with Crippen molar-refractivity contribution in [2.24, 2.45) is 0 Å². The number of aromatic nitrogens is 1. The number of halogens is 2. The predicted molar refractivity (Wildman–Crippen MR) is 60.5 cm³/mol. The number of rotatable bonds is 1. The molecule has 17 heavy (non-hydrogen) atoms. The average Bonchev–Trinajstić information content (AvgIpc) is 2.68. The first kappa shape index (κ1) is 10.6. The molecule has 0 radical (unpaired) electrons. The van der Waals surface area contributed by atoms with Gasteiger partial charge in [0.2, 0.25) is 0 Å². The van der Waals surface area contributed by atoms with Crippen LogP contribution in [0, 0.1) is 0 Å². The molecule has 0 unspecified atom stereocenters. The first-order valence-corrected chi connectivity index (χ1v) is 5.89. The van der Waals surface area contributed by atoms with Crippen LogP contribution in [-0.4, -0.2) is 34.8 Å². The number of hydrogen-bond donors (Lipinski definition) is 0. The van der Waals surface area contributed by atoms with Crippen molar-refractivity contribution >= 4 is 27.5 Å². The smallest absolute Gasteiger partial charge is 0.283 e. The van der Waals surface area contributed by atoms with Crippen molar-refractivity contribution in [3.05, 3.63) is 29.3 Å². The van der Waals surface area contributed by atoms with Crippen molar-refractivity contribution in [3.63, 3.8) is 0 Å². The van der Waals surface area contributed by atoms with Gasteiger partial charge in [-0.2, -0.15) is 0 Å². The lowest BCUT2D eigenvalue weighted by Gasteiger charge is -2.37. The van der Waals surface area contributed by atoms with Gasteiger partial charge in [0.1, 0.15) is 0 Å². The van der Waals surface area contributed by atoms with Crippen LogP contribution in [0.5, 0.6) is 0 Å². The summed E-state index contributed by atoms with van der Waals surface area (Å²) in [5.74, 6) is -3.14. The molecule has 2 heterocycles. The number of para-hydroxylation sites is 1. The Bertz CT molecular complexity index is 555. The SMILES string of the molecule is O=C(c1nc2ccccc2s1)N1CC(F)(F)C1. The normalized spacial score (nSPS) is 18.1. The third-order valence-electron chi connectivity index (χ3n) is 2.61. The van der Waals surface area contributed by atoms with E-state index in [0.29, 0.717) is 0 Å². The van der Waals surface area contributed by atoms with E-state index in [9.17, 15) is 13.6 Å². The van der Waals surface area contributed by atoms with Crippen LogP contribution >= 0.6 is 11.3 Å². The summed E-state index contributed by atoms with van der Waals surface area (Å²) >= 11 is 1.24. The van der Waals surface area contributed by atoms with E-state index in [0.717, 1.165) is 15.1 Å². The van der Waals surface area contributed by atoms with E-state index < -0.39 is 24.9 Å². The quantitative estimate of drug-likeness (QED) is 0.782. The molecule has 2 aromatic rings. The van der Waals surface area contributed by atoms with Crippen LogP contribution in [0.1, 0.15) is 9.80 Å². The van der Waals surface area contributed by atoms with Gasteiger partial charge in [-0.25, -0.2) is 13.8 Å². The Balaban J connectivity index is 1.87. The highest BCUT2D eigenvalue weighted by molar-refractivity contribution is 7.20. The summed E-state index contributed by atoms with van der Waals surface area (Å²) in [4.78, 5) is 17.1. The van der Waals surface area contributed by atoms with Gasteiger partial charge in [-0.1, -0.05) is 12.1 Å². The zero-order chi connectivity index (χ0) is 12.0. The van der Waals surface area contributed by atoms with Crippen molar-refractivity contribution < 1.29 is 13.6 Å². The second-order valence-electron chi connectivity index (χ2n) is 4.00. The van der Waals surface area contributed by atoms with Gasteiger partial charge in [-0.05, 0) is 12.1 Å². The lowest BCUT2D eigenvalue weighted by atomic mass is 10.1. The summed E-state index contributed by atoms with van der Waals surface area (Å²) in [6.07, 6.45) is 0. The maximum atomic E-state index is 12.7. The van der Waals surface area contributed by atoms with E-state index in [2.05, 4.69) is 4.98 Å². The van der Waals surface area contributed by atoms with Crippen LogP contribution in [0.2, 0.25) is 0 Å². The van der Waals surface area contributed by atoms with Crippen molar-refractivity contribution in [2.45, 2.75) is 5.92 Å². The van der Waals surface area contributed by atoms with Crippen LogP contribution in [0.4, 0.5) is 8.78 Å². The fraction of sp³-hybridized carbons (Fsp3) is 0.273. The summed E-state index contributed by atoms with van der Waals surface area (Å²) in [6.45, 7) is -0.997. The molecule has 0 aliphatic carbocycles. The lowest BCUT2D eigenvalue weighted by molar-refractivity contribution is -0.113. The molecule has 1 aliphatic rings. The van der Waals surface area contributed by atoms with Crippen LogP contribution in [0.3, 0.4) is 0 Å². The number of fused-ring (bicyclic) bond motifs is 1. The lowest BCUT2D eigenvalue weighted by Crippen LogP contribution is -2.58. The van der Waals surface area contributed by atoms with E-state index in [1.165, 1.54) is 11.3 Å². The van der Waals surface area contributed by atoms with Gasteiger partial charge in [0.25, 0.3) is 11.8 Å². The minimum atomic E-state index is -2.73. The Kier molecular flexibility index (Phi) is 2.16. The van der Waals surface area contributed by atoms with Crippen LogP contribution in [0.15, 0.2) is 24.3 Å². The molecule has 0 spiro atoms. The van der Waals surface area contributed by atoms with E-state index in [-0.39, 0.29) is 5.01 Å². The van der Waals surface area contributed by atoms with Crippen molar-refractivity contribution in [1.29, 1.82) is 0 Å². The molecule has 1 aliphatic heterocycles. The molecule has 88 valence electrons. The van der Waals surface area contributed by atoms with Gasteiger partial charge < -0.3 is 4.90 Å². The molecule has 0 atom stereocenters. The zero-order valence-corrected chi connectivity index (χ0v) is 9.51. The van der Waals surface area contributed by atoms with Crippen molar-refractivity contribution in [3.8, 4) is 0 Å². The number of carbonyl (C=O) groups is 1. The topological polar surface area (TPSA) is 33.2 Å². The molecule has 1 amide bonds. The first-order chi connectivity index (χ1) is 8.05. The fourth-order valence-corrected chi connectivity index (χ4v) is 2.69. The van der Waals surface area contributed by atoms with Crippen molar-refractivity contribution in [2.75, 3.05) is 13.1 Å². The second-order valence-corrected chi connectivity index (χ2v) is 5.03. The van der Waals surface area contributed by atoms with Gasteiger partial charge in [-0.3, -0.25) is 4.79 Å². The summed E-state index contributed by atoms with van der Waals surface area (Å²) in [6, 6.07) is 7.34. The predicted octanol–water partition coefficient (Wildman–Crippen LogP) is 2.39. The van der Waals surface area contributed by atoms with Gasteiger partial charge in [0.15, 0.2) is 5.01 Å². The molecule has 1 saturated heterocycles. The molecule has 1 aromatic heterocycles. The number of nitrogens with zero attached hydrogens (tertiary/aromatic N) is 2. The van der Waals surface area contributed by atoms with Crippen LogP contribution < -0.4 is 0 Å². The monoisotopic (exact) mass is 254 g/mol. The standard InChI is InChI=1S/C11H8F2N2OS/c12-11(13)5-15(6-11)10(16)9-14-7-3-1-2-4-8(7)17-9/h1-4H,5-6H2. The first-order valence-electron chi connectivity index (χ1n) is 5.08. The molecular weight excluding hydrogens is 246 g/mol. The number of alkyl halides is 2. The van der Waals surface area contributed by atoms with Gasteiger partial charge in [-0.15, -0.1) is 11.3 Å². The highest BCUT2D eigenvalue weighted by Gasteiger charge is 2.46. The molecule has 6 heteroatoms. The van der Waals surface area contributed by atoms with Gasteiger partial charge in [0, 0.05) is 0 Å². The second kappa shape index (κ2) is 3.46. The molecule has 0 N–H and O–H groups in total. The number of hydrogen-bond acceptors (Lipinski definition) is 3. The third kappa shape index (κ3) is 1.78. The average molecular weight is 254 g/mol. The largest absolute Gasteiger partial charge is 0.324 e. The van der Waals surface area contributed by atoms with Crippen molar-refractivity contribution in [1.82, 2.24) is 9.88 Å². The molecule has 0 bridgehead atoms. The molecule has 1 aromatic carbocycles. The Morgan fingerprint density at radius 3 is 2.71 bits per heavy atom. The highest BCUT2D eigenvalue weighted by Crippen LogP contribution is 2.30. The number of benzene rings is 1. The van der Waals surface area contributed by atoms with E-state index in [4.69, 9.17) is 0 Å². The number of likely N-dealkylation sites (tertiary alicyclic amines) is 1. The molecule has 3 rings (SSSR count). The molecule has 1 fully saturated rings. The zero-order valence-electron chi connectivity index (χ0n) is 8.69. The number of thiazole rings is 1. The van der Waals surface area contributed by atoms with Crippen LogP contribution in [-0.2, 0) is 0 Å². The maximum absolute atomic E-state index is 12.7. The highest BCUT2D eigenvalue weighted by atomic mass is 32.1. The summed E-state index contributed by atoms with van der Waals surface area (Å²) in [5, 5.41) is 0.279. The van der Waals surface area contributed by atoms with Gasteiger partial charge in [0.05, 0.1) is 23.3 Å². The Hall–Kier alpha value is -1.56. The summed E-state index contributed by atoms with van der Waals surface area (Å²) in [5.41, 5.74) is 0.730. The maximum Gasteiger partial charge on any atom is 0.283 e. The summed E-state index contributed by atoms with van der Waals surface area (Å²) in [7, 11) is 0. The number of amides is 1. The third-order valence-corrected chi connectivity index (χ3v) is 3.63. The molecule has 0 saturated carbocycles. The van der Waals surface area contributed by atoms with E-state index in [1.807, 2.05) is 18.2 Å².